The van der Waals surface area contributed by atoms with Crippen molar-refractivity contribution in [2.75, 3.05) is 5.32 Å². The quantitative estimate of drug-likeness (QED) is 0.659. The number of hydrogen-bond acceptors (Lipinski definition) is 4. The van der Waals surface area contributed by atoms with E-state index in [0.717, 1.165) is 23.1 Å². The summed E-state index contributed by atoms with van der Waals surface area (Å²) in [5.41, 5.74) is 1.89. The van der Waals surface area contributed by atoms with Gasteiger partial charge in [0.1, 0.15) is 24.2 Å². The van der Waals surface area contributed by atoms with Gasteiger partial charge in [0.05, 0.1) is 5.52 Å². The number of anilines is 1. The highest BCUT2D eigenvalue weighted by molar-refractivity contribution is 5.88. The zero-order valence-electron chi connectivity index (χ0n) is 7.34. The largest absolute Gasteiger partial charge is 0.357 e. The van der Waals surface area contributed by atoms with Crippen molar-refractivity contribution in [3.8, 4) is 0 Å². The summed E-state index contributed by atoms with van der Waals surface area (Å²) in [6.45, 7) is 0.646. The first kappa shape index (κ1) is 7.49. The molecule has 5 heteroatoms. The van der Waals surface area contributed by atoms with Crippen LogP contribution in [0.4, 0.5) is 5.82 Å². The summed E-state index contributed by atoms with van der Waals surface area (Å²) in [7, 11) is 0. The van der Waals surface area contributed by atoms with Gasteiger partial charge in [-0.15, -0.1) is 0 Å². The Bertz CT molecular complexity index is 504. The highest BCUT2D eigenvalue weighted by Gasteiger charge is 2.19. The lowest BCUT2D eigenvalue weighted by Crippen LogP contribution is -2.31. The summed E-state index contributed by atoms with van der Waals surface area (Å²) >= 11 is 0. The minimum Gasteiger partial charge on any atom is -0.357 e. The second-order valence-corrected chi connectivity index (χ2v) is 3.31. The first-order chi connectivity index (χ1) is 6.88. The molecular weight excluding hydrogens is 180 g/mol. The van der Waals surface area contributed by atoms with Crippen LogP contribution in [0.15, 0.2) is 18.6 Å². The maximum absolute atomic E-state index is 10.7. The molecule has 1 unspecified atom stereocenters. The molecule has 3 heterocycles. The molecule has 0 aromatic carbocycles. The summed E-state index contributed by atoms with van der Waals surface area (Å²) in [4.78, 5) is 18.9. The van der Waals surface area contributed by atoms with Crippen molar-refractivity contribution in [2.45, 2.75) is 12.6 Å². The molecule has 1 atom stereocenters. The SMILES string of the molecule is O=CC1Cn2ccc3ncnc(c32)N1. The van der Waals surface area contributed by atoms with Crippen molar-refractivity contribution in [3.63, 3.8) is 0 Å². The van der Waals surface area contributed by atoms with Crippen LogP contribution in [0.1, 0.15) is 0 Å². The molecule has 0 spiro atoms. The Morgan fingerprint density at radius 2 is 2.50 bits per heavy atom. The average Bonchev–Trinajstić information content (AvgIpc) is 2.64. The highest BCUT2D eigenvalue weighted by Crippen LogP contribution is 2.24. The Morgan fingerprint density at radius 1 is 1.57 bits per heavy atom. The standard InChI is InChI=1S/C9H8N4O/c14-4-6-3-13-2-1-7-8(13)9(12-6)11-5-10-7/h1-2,4-6H,3H2,(H,10,11,12). The zero-order valence-corrected chi connectivity index (χ0v) is 7.34. The lowest BCUT2D eigenvalue weighted by atomic mass is 10.2. The fraction of sp³-hybridized carbons (Fsp3) is 0.222. The maximum atomic E-state index is 10.7. The minimum atomic E-state index is -0.187. The van der Waals surface area contributed by atoms with Crippen LogP contribution in [0.5, 0.6) is 0 Å². The molecule has 1 aliphatic heterocycles. The van der Waals surface area contributed by atoms with Gasteiger partial charge in [-0.1, -0.05) is 0 Å². The van der Waals surface area contributed by atoms with E-state index >= 15 is 0 Å². The highest BCUT2D eigenvalue weighted by atomic mass is 16.1. The number of nitrogens with zero attached hydrogens (tertiary/aromatic N) is 3. The molecule has 2 aromatic heterocycles. The second kappa shape index (κ2) is 2.54. The van der Waals surface area contributed by atoms with Gasteiger partial charge in [0.25, 0.3) is 0 Å². The normalized spacial score (nSPS) is 19.3. The maximum Gasteiger partial charge on any atom is 0.154 e. The van der Waals surface area contributed by atoms with Crippen LogP contribution in [-0.2, 0) is 11.3 Å². The van der Waals surface area contributed by atoms with Crippen molar-refractivity contribution >= 4 is 23.1 Å². The van der Waals surface area contributed by atoms with E-state index in [2.05, 4.69) is 15.3 Å². The summed E-state index contributed by atoms with van der Waals surface area (Å²) in [6.07, 6.45) is 4.33. The molecule has 0 fully saturated rings. The summed E-state index contributed by atoms with van der Waals surface area (Å²) in [5.74, 6) is 0.739. The van der Waals surface area contributed by atoms with E-state index in [1.807, 2.05) is 16.8 Å². The van der Waals surface area contributed by atoms with Crippen molar-refractivity contribution in [2.24, 2.45) is 0 Å². The summed E-state index contributed by atoms with van der Waals surface area (Å²) in [6, 6.07) is 1.74. The monoisotopic (exact) mass is 188 g/mol. The van der Waals surface area contributed by atoms with Gasteiger partial charge >= 0.3 is 0 Å². The van der Waals surface area contributed by atoms with Gasteiger partial charge in [0.15, 0.2) is 5.82 Å². The van der Waals surface area contributed by atoms with Gasteiger partial charge in [0.2, 0.25) is 0 Å². The molecule has 0 radical (unpaired) electrons. The summed E-state index contributed by atoms with van der Waals surface area (Å²) in [5, 5.41) is 3.06. The van der Waals surface area contributed by atoms with E-state index in [4.69, 9.17) is 0 Å². The van der Waals surface area contributed by atoms with Crippen LogP contribution in [0.3, 0.4) is 0 Å². The lowest BCUT2D eigenvalue weighted by molar-refractivity contribution is -0.108. The van der Waals surface area contributed by atoms with Crippen LogP contribution < -0.4 is 5.32 Å². The molecule has 0 saturated carbocycles. The number of hydrogen-bond donors (Lipinski definition) is 1. The van der Waals surface area contributed by atoms with Crippen LogP contribution in [-0.4, -0.2) is 26.9 Å². The van der Waals surface area contributed by atoms with Gasteiger partial charge in [-0.3, -0.25) is 0 Å². The predicted octanol–water partition coefficient (Wildman–Crippen LogP) is 0.424. The Kier molecular flexibility index (Phi) is 1.36. The number of nitrogens with one attached hydrogen (secondary N) is 1. The van der Waals surface area contributed by atoms with E-state index in [1.54, 1.807) is 0 Å². The van der Waals surface area contributed by atoms with Crippen molar-refractivity contribution in [1.29, 1.82) is 0 Å². The first-order valence-electron chi connectivity index (χ1n) is 4.40. The zero-order chi connectivity index (χ0) is 9.54. The number of carbonyl (C=O) groups is 1. The third kappa shape index (κ3) is 0.863. The van der Waals surface area contributed by atoms with E-state index in [1.165, 1.54) is 6.33 Å². The van der Waals surface area contributed by atoms with Crippen LogP contribution in [0.2, 0.25) is 0 Å². The predicted molar refractivity (Wildman–Crippen MR) is 51.0 cm³/mol. The van der Waals surface area contributed by atoms with Gasteiger partial charge in [-0.2, -0.15) is 0 Å². The fourth-order valence-corrected chi connectivity index (χ4v) is 1.80. The van der Waals surface area contributed by atoms with Crippen molar-refractivity contribution < 1.29 is 4.79 Å². The van der Waals surface area contributed by atoms with Crippen molar-refractivity contribution in [1.82, 2.24) is 14.5 Å². The number of aromatic nitrogens is 3. The summed E-state index contributed by atoms with van der Waals surface area (Å²) < 4.78 is 2.00. The molecule has 14 heavy (non-hydrogen) atoms. The van der Waals surface area contributed by atoms with Gasteiger partial charge in [-0.05, 0) is 6.07 Å². The molecule has 5 nitrogen and oxygen atoms in total. The molecule has 3 rings (SSSR count). The van der Waals surface area contributed by atoms with Crippen LogP contribution in [0, 0.1) is 0 Å². The van der Waals surface area contributed by atoms with E-state index in [9.17, 15) is 4.79 Å². The van der Waals surface area contributed by atoms with E-state index in [-0.39, 0.29) is 6.04 Å². The molecule has 0 amide bonds. The number of rotatable bonds is 1. The van der Waals surface area contributed by atoms with E-state index < -0.39 is 0 Å². The molecule has 0 saturated heterocycles. The molecular formula is C9H8N4O. The Balaban J connectivity index is 2.28. The van der Waals surface area contributed by atoms with Crippen LogP contribution >= 0.6 is 0 Å². The second-order valence-electron chi connectivity index (χ2n) is 3.31. The first-order valence-corrected chi connectivity index (χ1v) is 4.40. The smallest absolute Gasteiger partial charge is 0.154 e. The molecule has 2 aromatic rings. The Hall–Kier alpha value is -1.91. The Labute approximate surface area is 79.8 Å². The third-order valence-corrected chi connectivity index (χ3v) is 2.43. The molecule has 1 aliphatic rings. The van der Waals surface area contributed by atoms with Gasteiger partial charge in [0, 0.05) is 12.7 Å². The van der Waals surface area contributed by atoms with E-state index in [0.29, 0.717) is 6.54 Å². The van der Waals surface area contributed by atoms with Crippen LogP contribution in [0.25, 0.3) is 11.0 Å². The topological polar surface area (TPSA) is 59.8 Å². The molecule has 1 N–H and O–H groups in total. The minimum absolute atomic E-state index is 0.187. The average molecular weight is 188 g/mol. The molecule has 0 aliphatic carbocycles. The number of aldehydes is 1. The third-order valence-electron chi connectivity index (χ3n) is 2.43. The molecule has 70 valence electrons. The van der Waals surface area contributed by atoms with Crippen molar-refractivity contribution in [3.05, 3.63) is 18.6 Å². The fourth-order valence-electron chi connectivity index (χ4n) is 1.80. The molecule has 0 bridgehead atoms. The van der Waals surface area contributed by atoms with Gasteiger partial charge in [-0.25, -0.2) is 9.97 Å². The van der Waals surface area contributed by atoms with Gasteiger partial charge < -0.3 is 14.7 Å². The lowest BCUT2D eigenvalue weighted by Gasteiger charge is -2.21. The number of carbonyl (C=O) groups excluding carboxylic acids is 1. The Morgan fingerprint density at radius 3 is 3.36 bits per heavy atom.